The molecular weight excluding hydrogens is 434 g/mol. The summed E-state index contributed by atoms with van der Waals surface area (Å²) in [4.78, 5) is 41.3. The van der Waals surface area contributed by atoms with Crippen LogP contribution in [0.25, 0.3) is 0 Å². The largest absolute Gasteiger partial charge is 0.485 e. The van der Waals surface area contributed by atoms with E-state index < -0.39 is 0 Å². The molecule has 1 heterocycles. The van der Waals surface area contributed by atoms with E-state index >= 15 is 0 Å². The quantitative estimate of drug-likeness (QED) is 0.483. The summed E-state index contributed by atoms with van der Waals surface area (Å²) in [7, 11) is 0. The Bertz CT molecular complexity index is 1000. The topological polar surface area (TPSA) is 88.2 Å². The molecule has 0 aliphatic carbocycles. The third-order valence-corrected chi connectivity index (χ3v) is 5.87. The number of ketones is 1. The summed E-state index contributed by atoms with van der Waals surface area (Å²) in [5, 5.41) is 2.86. The van der Waals surface area contributed by atoms with E-state index in [2.05, 4.69) is 31.0 Å². The molecule has 182 valence electrons. The fraction of sp³-hybridized carbons (Fsp3) is 0.423. The monoisotopic (exact) mass is 467 g/mol. The SMILES string of the molecule is CCc1ccc(OCC(=O)c2ccc3c(c2)N(CC(=O)NCCN(CC)CC)C(=O)CO3)cc1. The number of rotatable bonds is 12. The number of hydrogen-bond donors (Lipinski definition) is 1. The van der Waals surface area contributed by atoms with Gasteiger partial charge in [0.1, 0.15) is 18.0 Å². The normalized spacial score (nSPS) is 12.8. The number of ether oxygens (including phenoxy) is 2. The van der Waals surface area contributed by atoms with Gasteiger partial charge in [0, 0.05) is 18.7 Å². The predicted octanol–water partition coefficient (Wildman–Crippen LogP) is 2.69. The Kier molecular flexibility index (Phi) is 9.04. The van der Waals surface area contributed by atoms with E-state index in [9.17, 15) is 14.4 Å². The molecule has 8 nitrogen and oxygen atoms in total. The van der Waals surface area contributed by atoms with Gasteiger partial charge in [0.25, 0.3) is 5.91 Å². The number of nitrogens with zero attached hydrogens (tertiary/aromatic N) is 2. The summed E-state index contributed by atoms with van der Waals surface area (Å²) in [6.45, 7) is 8.86. The molecule has 2 aromatic carbocycles. The van der Waals surface area contributed by atoms with Crippen LogP contribution >= 0.6 is 0 Å². The maximum Gasteiger partial charge on any atom is 0.265 e. The zero-order valence-electron chi connectivity index (χ0n) is 20.1. The molecule has 0 unspecified atom stereocenters. The predicted molar refractivity (Wildman–Crippen MR) is 131 cm³/mol. The molecule has 2 aromatic rings. The lowest BCUT2D eigenvalue weighted by Gasteiger charge is -2.29. The lowest BCUT2D eigenvalue weighted by atomic mass is 10.1. The molecule has 1 aliphatic heterocycles. The average Bonchev–Trinajstić information content (AvgIpc) is 2.87. The van der Waals surface area contributed by atoms with Gasteiger partial charge in [-0.05, 0) is 55.4 Å². The van der Waals surface area contributed by atoms with Gasteiger partial charge < -0.3 is 19.7 Å². The lowest BCUT2D eigenvalue weighted by Crippen LogP contribution is -2.46. The Morgan fingerprint density at radius 2 is 1.82 bits per heavy atom. The van der Waals surface area contributed by atoms with E-state index in [4.69, 9.17) is 9.47 Å². The molecule has 0 saturated carbocycles. The molecule has 3 rings (SSSR count). The molecule has 2 amide bonds. The molecule has 1 aliphatic rings. The molecular formula is C26H33N3O5. The molecule has 0 fully saturated rings. The molecule has 0 atom stereocenters. The van der Waals surface area contributed by atoms with Gasteiger partial charge >= 0.3 is 0 Å². The Morgan fingerprint density at radius 1 is 1.09 bits per heavy atom. The number of likely N-dealkylation sites (N-methyl/N-ethyl adjacent to an activating group) is 1. The third-order valence-electron chi connectivity index (χ3n) is 5.87. The average molecular weight is 468 g/mol. The van der Waals surface area contributed by atoms with Crippen molar-refractivity contribution < 1.29 is 23.9 Å². The van der Waals surface area contributed by atoms with Crippen molar-refractivity contribution in [2.24, 2.45) is 0 Å². The maximum absolute atomic E-state index is 12.7. The van der Waals surface area contributed by atoms with Gasteiger partial charge in [-0.1, -0.05) is 32.9 Å². The highest BCUT2D eigenvalue weighted by Gasteiger charge is 2.28. The van der Waals surface area contributed by atoms with Gasteiger partial charge in [0.15, 0.2) is 19.0 Å². The summed E-state index contributed by atoms with van der Waals surface area (Å²) < 4.78 is 11.1. The number of benzene rings is 2. The van der Waals surface area contributed by atoms with Crippen LogP contribution in [0, 0.1) is 0 Å². The van der Waals surface area contributed by atoms with E-state index in [1.165, 1.54) is 10.5 Å². The van der Waals surface area contributed by atoms with Gasteiger partial charge in [0.2, 0.25) is 5.91 Å². The summed E-state index contributed by atoms with van der Waals surface area (Å²) in [5.74, 6) is 0.254. The third kappa shape index (κ3) is 6.57. The van der Waals surface area contributed by atoms with Gasteiger partial charge in [-0.3, -0.25) is 19.3 Å². The van der Waals surface area contributed by atoms with Crippen LogP contribution in [0.4, 0.5) is 5.69 Å². The second-order valence-corrected chi connectivity index (χ2v) is 8.04. The smallest absolute Gasteiger partial charge is 0.265 e. The van der Waals surface area contributed by atoms with Crippen LogP contribution in [0.5, 0.6) is 11.5 Å². The van der Waals surface area contributed by atoms with Crippen LogP contribution in [0.15, 0.2) is 42.5 Å². The minimum atomic E-state index is -0.330. The minimum Gasteiger partial charge on any atom is -0.485 e. The number of Topliss-reactive ketones (excluding diaryl/α,β-unsaturated/α-hetero) is 1. The van der Waals surface area contributed by atoms with E-state index in [0.717, 1.165) is 26.1 Å². The molecule has 0 aromatic heterocycles. The first-order valence-electron chi connectivity index (χ1n) is 11.8. The number of nitrogens with one attached hydrogen (secondary N) is 1. The summed E-state index contributed by atoms with van der Waals surface area (Å²) >= 11 is 0. The number of hydrogen-bond acceptors (Lipinski definition) is 6. The van der Waals surface area contributed by atoms with Crippen LogP contribution in [-0.2, 0) is 16.0 Å². The number of aryl methyl sites for hydroxylation is 1. The molecule has 34 heavy (non-hydrogen) atoms. The number of amides is 2. The first-order valence-corrected chi connectivity index (χ1v) is 11.8. The van der Waals surface area contributed by atoms with E-state index in [1.807, 2.05) is 24.3 Å². The Balaban J connectivity index is 1.64. The first kappa shape index (κ1) is 25.2. The molecule has 0 radical (unpaired) electrons. The van der Waals surface area contributed by atoms with Crippen LogP contribution in [0.2, 0.25) is 0 Å². The Morgan fingerprint density at radius 3 is 2.50 bits per heavy atom. The Hall–Kier alpha value is -3.39. The van der Waals surface area contributed by atoms with Crippen LogP contribution in [0.3, 0.4) is 0 Å². The van der Waals surface area contributed by atoms with Gasteiger partial charge in [-0.25, -0.2) is 0 Å². The standard InChI is InChI=1S/C26H33N3O5/c1-4-19-7-10-21(11-8-19)33-17-23(30)20-9-12-24-22(15-20)29(26(32)18-34-24)16-25(31)27-13-14-28(5-2)6-3/h7-12,15H,4-6,13-14,16-18H2,1-3H3,(H,27,31). The van der Waals surface area contributed by atoms with Crippen molar-refractivity contribution in [1.29, 1.82) is 0 Å². The summed E-state index contributed by atoms with van der Waals surface area (Å²) in [5.41, 5.74) is 1.98. The van der Waals surface area contributed by atoms with Gasteiger partial charge in [-0.15, -0.1) is 0 Å². The van der Waals surface area contributed by atoms with Crippen LogP contribution in [0.1, 0.15) is 36.7 Å². The second kappa shape index (κ2) is 12.2. The fourth-order valence-electron chi connectivity index (χ4n) is 3.70. The van der Waals surface area contributed by atoms with E-state index in [-0.39, 0.29) is 37.4 Å². The highest BCUT2D eigenvalue weighted by atomic mass is 16.5. The van der Waals surface area contributed by atoms with Crippen molar-refractivity contribution in [2.45, 2.75) is 27.2 Å². The number of fused-ring (bicyclic) bond motifs is 1. The van der Waals surface area contributed by atoms with E-state index in [1.54, 1.807) is 18.2 Å². The minimum absolute atomic E-state index is 0.134. The summed E-state index contributed by atoms with van der Waals surface area (Å²) in [6.07, 6.45) is 0.930. The van der Waals surface area contributed by atoms with Crippen LogP contribution in [-0.4, -0.2) is 68.4 Å². The van der Waals surface area contributed by atoms with Gasteiger partial charge in [-0.2, -0.15) is 0 Å². The molecule has 0 spiro atoms. The van der Waals surface area contributed by atoms with Crippen molar-refractivity contribution in [2.75, 3.05) is 50.8 Å². The van der Waals surface area contributed by atoms with Crippen molar-refractivity contribution >= 4 is 23.3 Å². The highest BCUT2D eigenvalue weighted by molar-refractivity contribution is 6.04. The van der Waals surface area contributed by atoms with Crippen molar-refractivity contribution in [3.8, 4) is 11.5 Å². The molecule has 0 saturated heterocycles. The van der Waals surface area contributed by atoms with Crippen molar-refractivity contribution in [3.63, 3.8) is 0 Å². The van der Waals surface area contributed by atoms with Gasteiger partial charge in [0.05, 0.1) is 5.69 Å². The highest BCUT2D eigenvalue weighted by Crippen LogP contribution is 2.33. The molecule has 1 N–H and O–H groups in total. The van der Waals surface area contributed by atoms with Crippen molar-refractivity contribution in [3.05, 3.63) is 53.6 Å². The van der Waals surface area contributed by atoms with E-state index in [0.29, 0.717) is 29.3 Å². The first-order chi connectivity index (χ1) is 16.4. The zero-order valence-corrected chi connectivity index (χ0v) is 20.1. The second-order valence-electron chi connectivity index (χ2n) is 8.04. The summed E-state index contributed by atoms with van der Waals surface area (Å²) in [6, 6.07) is 12.5. The lowest BCUT2D eigenvalue weighted by molar-refractivity contribution is -0.125. The maximum atomic E-state index is 12.7. The Labute approximate surface area is 200 Å². The number of carbonyl (C=O) groups is 3. The molecule has 8 heteroatoms. The zero-order chi connectivity index (χ0) is 24.5. The van der Waals surface area contributed by atoms with Crippen molar-refractivity contribution in [1.82, 2.24) is 10.2 Å². The fourth-order valence-corrected chi connectivity index (χ4v) is 3.70. The molecule has 0 bridgehead atoms. The number of carbonyl (C=O) groups excluding carboxylic acids is 3. The van der Waals surface area contributed by atoms with Crippen LogP contribution < -0.4 is 19.7 Å². The number of anilines is 1.